The fraction of sp³-hybridized carbons (Fsp3) is 0.154. The highest BCUT2D eigenvalue weighted by molar-refractivity contribution is 6.37. The molecule has 0 bridgehead atoms. The predicted molar refractivity (Wildman–Crippen MR) is 119 cm³/mol. The average molecular weight is 476 g/mol. The summed E-state index contributed by atoms with van der Waals surface area (Å²) in [5, 5.41) is -0.263. The van der Waals surface area contributed by atoms with E-state index in [4.69, 9.17) is 16.3 Å². The molecular formula is C26H15ClFNO5. The van der Waals surface area contributed by atoms with Gasteiger partial charge in [-0.2, -0.15) is 0 Å². The van der Waals surface area contributed by atoms with Crippen LogP contribution in [0.4, 0.5) is 10.1 Å². The van der Waals surface area contributed by atoms with Crippen LogP contribution in [0.25, 0.3) is 0 Å². The Bertz CT molecular complexity index is 1390. The van der Waals surface area contributed by atoms with Crippen LogP contribution < -0.4 is 4.90 Å². The van der Waals surface area contributed by atoms with Crippen molar-refractivity contribution >= 4 is 40.7 Å². The molecule has 0 unspecified atom stereocenters. The molecule has 3 atom stereocenters. The Labute approximate surface area is 197 Å². The van der Waals surface area contributed by atoms with Crippen molar-refractivity contribution in [3.05, 3.63) is 100 Å². The van der Waals surface area contributed by atoms with Crippen molar-refractivity contribution in [3.63, 3.8) is 0 Å². The number of imide groups is 1. The maximum atomic E-state index is 13.8. The molecule has 3 aliphatic rings. The normalized spacial score (nSPS) is 24.8. The molecule has 2 amide bonds. The number of amides is 2. The van der Waals surface area contributed by atoms with Gasteiger partial charge in [-0.3, -0.25) is 19.2 Å². The van der Waals surface area contributed by atoms with Crippen molar-refractivity contribution in [2.45, 2.75) is 11.7 Å². The highest BCUT2D eigenvalue weighted by Gasteiger charge is 2.74. The Balaban J connectivity index is 1.55. The van der Waals surface area contributed by atoms with Gasteiger partial charge in [0, 0.05) is 11.1 Å². The van der Waals surface area contributed by atoms with Crippen molar-refractivity contribution in [2.24, 2.45) is 11.8 Å². The lowest BCUT2D eigenvalue weighted by molar-refractivity contribution is -0.127. The molecule has 0 N–H and O–H groups in total. The first-order valence-corrected chi connectivity index (χ1v) is 11.0. The number of halogens is 2. The smallest absolute Gasteiger partial charge is 0.241 e. The molecule has 0 aromatic heterocycles. The third kappa shape index (κ3) is 2.53. The van der Waals surface area contributed by atoms with E-state index in [-0.39, 0.29) is 21.8 Å². The minimum atomic E-state index is -2.15. The summed E-state index contributed by atoms with van der Waals surface area (Å²) in [5.41, 5.74) is -1.22. The number of fused-ring (bicyclic) bond motifs is 3. The average Bonchev–Trinajstić information content (AvgIpc) is 3.42. The van der Waals surface area contributed by atoms with Crippen LogP contribution in [-0.4, -0.2) is 29.0 Å². The van der Waals surface area contributed by atoms with E-state index in [1.54, 1.807) is 42.5 Å². The van der Waals surface area contributed by atoms with Gasteiger partial charge in [0.05, 0.1) is 28.6 Å². The van der Waals surface area contributed by atoms with Crippen LogP contribution in [0.2, 0.25) is 5.02 Å². The van der Waals surface area contributed by atoms with Gasteiger partial charge in [-0.15, -0.1) is 0 Å². The minimum Gasteiger partial charge on any atom is -0.349 e. The minimum absolute atomic E-state index is 0.0631. The van der Waals surface area contributed by atoms with Crippen LogP contribution in [0, 0.1) is 17.7 Å². The number of anilines is 1. The van der Waals surface area contributed by atoms with Gasteiger partial charge in [0.25, 0.3) is 0 Å². The summed E-state index contributed by atoms with van der Waals surface area (Å²) in [4.78, 5) is 55.6. The number of ketones is 2. The number of Topliss-reactive ketones (excluding diaryl/α,β-unsaturated/α-hetero) is 2. The first-order chi connectivity index (χ1) is 16.4. The molecule has 1 aliphatic carbocycles. The Morgan fingerprint density at radius 3 is 2.06 bits per heavy atom. The molecule has 168 valence electrons. The number of carbonyl (C=O) groups is 4. The number of hydrogen-bond acceptors (Lipinski definition) is 5. The summed E-state index contributed by atoms with van der Waals surface area (Å²) >= 11 is 5.90. The van der Waals surface area contributed by atoms with Crippen molar-refractivity contribution in [2.75, 3.05) is 4.90 Å². The van der Waals surface area contributed by atoms with E-state index in [1.807, 2.05) is 0 Å². The summed E-state index contributed by atoms with van der Waals surface area (Å²) in [6.45, 7) is 0. The van der Waals surface area contributed by atoms with Crippen LogP contribution in [0.5, 0.6) is 0 Å². The maximum Gasteiger partial charge on any atom is 0.241 e. The molecule has 3 aromatic rings. The van der Waals surface area contributed by atoms with E-state index in [1.165, 1.54) is 24.3 Å². The highest BCUT2D eigenvalue weighted by atomic mass is 35.5. The van der Waals surface area contributed by atoms with E-state index < -0.39 is 52.7 Å². The second kappa shape index (κ2) is 7.16. The number of carbonyl (C=O) groups excluding carboxylic acids is 4. The van der Waals surface area contributed by atoms with Crippen LogP contribution >= 0.6 is 11.6 Å². The van der Waals surface area contributed by atoms with E-state index in [9.17, 15) is 23.6 Å². The van der Waals surface area contributed by atoms with Gasteiger partial charge >= 0.3 is 0 Å². The zero-order valence-corrected chi connectivity index (χ0v) is 18.2. The zero-order chi connectivity index (χ0) is 23.8. The van der Waals surface area contributed by atoms with E-state index in [0.29, 0.717) is 5.56 Å². The molecule has 6 rings (SSSR count). The van der Waals surface area contributed by atoms with E-state index in [2.05, 4.69) is 0 Å². The Morgan fingerprint density at radius 1 is 0.824 bits per heavy atom. The molecule has 34 heavy (non-hydrogen) atoms. The molecule has 0 radical (unpaired) electrons. The number of rotatable bonds is 2. The zero-order valence-electron chi connectivity index (χ0n) is 17.4. The largest absolute Gasteiger partial charge is 0.349 e. The van der Waals surface area contributed by atoms with Crippen LogP contribution in [0.15, 0.2) is 72.8 Å². The SMILES string of the molecule is O=C1[C@@H]2[C@@H](c3ccccc3)OC3(C(=O)c4ccccc4C3=O)[C@@H]2C(=O)N1c1ccc(F)c(Cl)c1. The van der Waals surface area contributed by atoms with Crippen LogP contribution in [-0.2, 0) is 14.3 Å². The number of ether oxygens (including phenoxy) is 1. The van der Waals surface area contributed by atoms with Crippen molar-refractivity contribution < 1.29 is 28.3 Å². The first-order valence-electron chi connectivity index (χ1n) is 10.6. The monoisotopic (exact) mass is 475 g/mol. The summed E-state index contributed by atoms with van der Waals surface area (Å²) in [6.07, 6.45) is -1.01. The molecular weight excluding hydrogens is 461 g/mol. The standard InChI is InChI=1S/C26H15ClFNO5/c27-17-12-14(10-11-18(17)28)29-24(32)19-20(25(29)33)26(34-21(19)13-6-2-1-3-7-13)22(30)15-8-4-5-9-16(15)23(26)31/h1-12,19-21H/t19-,20-,21+/m0/s1. The van der Waals surface area contributed by atoms with Gasteiger partial charge in [0.15, 0.2) is 0 Å². The maximum absolute atomic E-state index is 13.8. The molecule has 8 heteroatoms. The van der Waals surface area contributed by atoms with Gasteiger partial charge in [-0.1, -0.05) is 66.2 Å². The Hall–Kier alpha value is -3.68. The molecule has 2 aliphatic heterocycles. The van der Waals surface area contributed by atoms with Gasteiger partial charge < -0.3 is 4.74 Å². The number of nitrogens with zero attached hydrogens (tertiary/aromatic N) is 1. The summed E-state index contributed by atoms with van der Waals surface area (Å²) < 4.78 is 19.9. The quantitative estimate of drug-likeness (QED) is 0.410. The van der Waals surface area contributed by atoms with Crippen LogP contribution in [0.1, 0.15) is 32.4 Å². The van der Waals surface area contributed by atoms with Crippen molar-refractivity contribution in [1.82, 2.24) is 0 Å². The lowest BCUT2D eigenvalue weighted by Crippen LogP contribution is -2.51. The predicted octanol–water partition coefficient (Wildman–Crippen LogP) is 4.17. The highest BCUT2D eigenvalue weighted by Crippen LogP contribution is 2.57. The molecule has 2 saturated heterocycles. The van der Waals surface area contributed by atoms with Crippen LogP contribution in [0.3, 0.4) is 0 Å². The lowest BCUT2D eigenvalue weighted by Gasteiger charge is -2.27. The second-order valence-corrected chi connectivity index (χ2v) is 8.91. The molecule has 6 nitrogen and oxygen atoms in total. The molecule has 3 aromatic carbocycles. The van der Waals surface area contributed by atoms with Gasteiger partial charge in [-0.25, -0.2) is 9.29 Å². The third-order valence-corrected chi connectivity index (χ3v) is 7.10. The molecule has 2 fully saturated rings. The summed E-state index contributed by atoms with van der Waals surface area (Å²) in [6, 6.07) is 18.4. The Morgan fingerprint density at radius 2 is 1.44 bits per heavy atom. The molecule has 2 heterocycles. The number of hydrogen-bond donors (Lipinski definition) is 0. The van der Waals surface area contributed by atoms with Gasteiger partial charge in [-0.05, 0) is 23.8 Å². The number of benzene rings is 3. The molecule has 0 saturated carbocycles. The van der Waals surface area contributed by atoms with Crippen molar-refractivity contribution in [3.8, 4) is 0 Å². The lowest BCUT2D eigenvalue weighted by atomic mass is 9.77. The van der Waals surface area contributed by atoms with Crippen molar-refractivity contribution in [1.29, 1.82) is 0 Å². The Kier molecular flexibility index (Phi) is 4.40. The molecule has 1 spiro atoms. The second-order valence-electron chi connectivity index (χ2n) is 8.50. The van der Waals surface area contributed by atoms with Gasteiger partial charge in [0.1, 0.15) is 5.82 Å². The third-order valence-electron chi connectivity index (χ3n) is 6.81. The summed E-state index contributed by atoms with van der Waals surface area (Å²) in [5.74, 6) is -5.88. The first kappa shape index (κ1) is 20.9. The van der Waals surface area contributed by atoms with Gasteiger partial charge in [0.2, 0.25) is 29.0 Å². The fourth-order valence-corrected chi connectivity index (χ4v) is 5.51. The topological polar surface area (TPSA) is 80.8 Å². The van der Waals surface area contributed by atoms with E-state index in [0.717, 1.165) is 11.0 Å². The van der Waals surface area contributed by atoms with E-state index >= 15 is 0 Å². The summed E-state index contributed by atoms with van der Waals surface area (Å²) in [7, 11) is 0. The fourth-order valence-electron chi connectivity index (χ4n) is 5.34.